The Hall–Kier alpha value is -2.08. The molecule has 18 heavy (non-hydrogen) atoms. The predicted octanol–water partition coefficient (Wildman–Crippen LogP) is 0.815. The maximum atomic E-state index is 12.3. The summed E-state index contributed by atoms with van der Waals surface area (Å²) in [4.78, 5) is 24.0. The zero-order valence-electron chi connectivity index (χ0n) is 10.5. The lowest BCUT2D eigenvalue weighted by molar-refractivity contribution is 0.0797. The summed E-state index contributed by atoms with van der Waals surface area (Å²) in [6.07, 6.45) is 0. The van der Waals surface area contributed by atoms with Crippen molar-refractivity contribution in [3.8, 4) is 0 Å². The van der Waals surface area contributed by atoms with Gasteiger partial charge in [-0.05, 0) is 33.0 Å². The number of rotatable bonds is 2. The predicted molar refractivity (Wildman–Crippen MR) is 68.7 cm³/mol. The van der Waals surface area contributed by atoms with Crippen LogP contribution in [0.25, 0.3) is 11.1 Å². The van der Waals surface area contributed by atoms with Crippen molar-refractivity contribution in [2.75, 3.05) is 12.8 Å². The molecule has 6 nitrogen and oxygen atoms in total. The number of carbonyl (C=O) groups is 1. The van der Waals surface area contributed by atoms with E-state index in [0.717, 1.165) is 4.57 Å². The molecule has 2 aromatic rings. The molecule has 6 heteroatoms. The van der Waals surface area contributed by atoms with Gasteiger partial charge in [0.2, 0.25) is 0 Å². The number of nitrogen functional groups attached to an aromatic ring is 1. The van der Waals surface area contributed by atoms with Gasteiger partial charge in [0.1, 0.15) is 0 Å². The number of aromatic nitrogens is 1. The smallest absolute Gasteiger partial charge is 0.407 e. The Labute approximate surface area is 103 Å². The number of carbonyl (C=O) groups excluding carboxylic acids is 1. The van der Waals surface area contributed by atoms with Gasteiger partial charge >= 0.3 is 5.76 Å². The first-order valence-electron chi connectivity index (χ1n) is 5.51. The Morgan fingerprint density at radius 3 is 2.72 bits per heavy atom. The van der Waals surface area contributed by atoms with Gasteiger partial charge in [0.05, 0.1) is 11.1 Å². The quantitative estimate of drug-likeness (QED) is 0.769. The Kier molecular flexibility index (Phi) is 2.74. The molecule has 0 atom stereocenters. The molecule has 1 aromatic carbocycles. The van der Waals surface area contributed by atoms with E-state index < -0.39 is 11.3 Å². The van der Waals surface area contributed by atoms with E-state index in [2.05, 4.69) is 5.32 Å². The number of likely N-dealkylation sites (N-methyl/N-ethyl adjacent to an activating group) is 1. The zero-order chi connectivity index (χ0) is 13.5. The summed E-state index contributed by atoms with van der Waals surface area (Å²) in [5.41, 5.74) is 5.94. The van der Waals surface area contributed by atoms with Gasteiger partial charge in [-0.25, -0.2) is 9.36 Å². The Bertz CT molecular complexity index is 667. The summed E-state index contributed by atoms with van der Waals surface area (Å²) >= 11 is 0. The van der Waals surface area contributed by atoms with Crippen LogP contribution in [0.15, 0.2) is 27.4 Å². The highest BCUT2D eigenvalue weighted by molar-refractivity contribution is 5.95. The van der Waals surface area contributed by atoms with Crippen molar-refractivity contribution in [2.24, 2.45) is 0 Å². The number of benzene rings is 1. The lowest BCUT2D eigenvalue weighted by atomic mass is 10.1. The summed E-state index contributed by atoms with van der Waals surface area (Å²) in [5, 5.41) is 2.86. The molecular formula is C12H15N3O3. The fraction of sp³-hybridized carbons (Fsp3) is 0.333. The lowest BCUT2D eigenvalue weighted by Gasteiger charge is -2.21. The average molecular weight is 249 g/mol. The van der Waals surface area contributed by atoms with Crippen molar-refractivity contribution in [3.63, 3.8) is 0 Å². The molecule has 0 aliphatic carbocycles. The fourth-order valence-electron chi connectivity index (χ4n) is 1.61. The number of nitrogens with one attached hydrogen (secondary N) is 1. The molecule has 1 heterocycles. The van der Waals surface area contributed by atoms with Crippen molar-refractivity contribution in [1.82, 2.24) is 9.88 Å². The van der Waals surface area contributed by atoms with Gasteiger partial charge in [-0.2, -0.15) is 0 Å². The van der Waals surface area contributed by atoms with E-state index in [9.17, 15) is 9.59 Å². The molecular weight excluding hydrogens is 234 g/mol. The zero-order valence-corrected chi connectivity index (χ0v) is 10.5. The molecule has 0 aliphatic rings. The van der Waals surface area contributed by atoms with Crippen molar-refractivity contribution in [3.05, 3.63) is 28.7 Å². The number of nitrogens with two attached hydrogens (primary N) is 1. The Morgan fingerprint density at radius 2 is 2.11 bits per heavy atom. The molecule has 0 bridgehead atoms. The number of hydrogen-bond acceptors (Lipinski definition) is 5. The van der Waals surface area contributed by atoms with Gasteiger partial charge < -0.3 is 15.5 Å². The molecule has 0 aliphatic heterocycles. The van der Waals surface area contributed by atoms with Crippen LogP contribution in [0.1, 0.15) is 18.6 Å². The molecule has 0 amide bonds. The van der Waals surface area contributed by atoms with Crippen molar-refractivity contribution >= 4 is 22.7 Å². The molecule has 0 saturated heterocycles. The van der Waals surface area contributed by atoms with Gasteiger partial charge in [0, 0.05) is 11.8 Å². The molecule has 0 saturated carbocycles. The minimum Gasteiger partial charge on any atom is -0.407 e. The maximum absolute atomic E-state index is 12.3. The second-order valence-electron chi connectivity index (χ2n) is 4.61. The van der Waals surface area contributed by atoms with Crippen LogP contribution >= 0.6 is 0 Å². The first-order chi connectivity index (χ1) is 8.36. The summed E-state index contributed by atoms with van der Waals surface area (Å²) < 4.78 is 6.04. The first kappa shape index (κ1) is 12.4. The minimum atomic E-state index is -0.859. The van der Waals surface area contributed by atoms with Crippen LogP contribution in [0.5, 0.6) is 0 Å². The molecule has 0 spiro atoms. The second-order valence-corrected chi connectivity index (χ2v) is 4.61. The average Bonchev–Trinajstić information content (AvgIpc) is 2.63. The molecule has 96 valence electrons. The van der Waals surface area contributed by atoms with Gasteiger partial charge in [-0.15, -0.1) is 0 Å². The first-order valence-corrected chi connectivity index (χ1v) is 5.51. The van der Waals surface area contributed by atoms with Gasteiger partial charge in [-0.3, -0.25) is 4.79 Å². The van der Waals surface area contributed by atoms with Crippen LogP contribution < -0.4 is 16.8 Å². The Balaban J connectivity index is 2.69. The topological polar surface area (TPSA) is 90.3 Å². The summed E-state index contributed by atoms with van der Waals surface area (Å²) in [7, 11) is 1.66. The van der Waals surface area contributed by atoms with E-state index >= 15 is 0 Å². The van der Waals surface area contributed by atoms with Gasteiger partial charge in [0.25, 0.3) is 5.91 Å². The van der Waals surface area contributed by atoms with E-state index in [1.807, 2.05) is 0 Å². The van der Waals surface area contributed by atoms with Crippen LogP contribution in [0, 0.1) is 0 Å². The van der Waals surface area contributed by atoms with Gasteiger partial charge in [0.15, 0.2) is 5.58 Å². The molecule has 2 rings (SSSR count). The summed E-state index contributed by atoms with van der Waals surface area (Å²) in [5.74, 6) is -1.08. The van der Waals surface area contributed by atoms with E-state index in [1.54, 1.807) is 33.0 Å². The van der Waals surface area contributed by atoms with Crippen LogP contribution in [0.2, 0.25) is 0 Å². The molecule has 0 fully saturated rings. The van der Waals surface area contributed by atoms with Crippen molar-refractivity contribution in [2.45, 2.75) is 19.4 Å². The SMILES string of the molecule is CNC(C)(C)C(=O)n1c(=O)oc2cc(N)ccc21. The molecule has 0 radical (unpaired) electrons. The van der Waals surface area contributed by atoms with Crippen LogP contribution in [0.3, 0.4) is 0 Å². The summed E-state index contributed by atoms with van der Waals surface area (Å²) in [6, 6.07) is 4.74. The normalized spacial score (nSPS) is 11.9. The van der Waals surface area contributed by atoms with E-state index in [1.165, 1.54) is 6.07 Å². The molecule has 3 N–H and O–H groups in total. The standard InChI is InChI=1S/C12H15N3O3/c1-12(2,14-3)10(16)15-8-5-4-7(13)6-9(8)18-11(15)17/h4-6,14H,13H2,1-3H3. The number of anilines is 1. The molecule has 0 unspecified atom stereocenters. The van der Waals surface area contributed by atoms with E-state index in [0.29, 0.717) is 16.8 Å². The number of fused-ring (bicyclic) bond motifs is 1. The lowest BCUT2D eigenvalue weighted by Crippen LogP contribution is -2.49. The summed E-state index contributed by atoms with van der Waals surface area (Å²) in [6.45, 7) is 3.38. The highest BCUT2D eigenvalue weighted by Crippen LogP contribution is 2.18. The number of oxazole rings is 1. The third-order valence-corrected chi connectivity index (χ3v) is 2.97. The monoisotopic (exact) mass is 249 g/mol. The largest absolute Gasteiger partial charge is 0.426 e. The van der Waals surface area contributed by atoms with E-state index in [-0.39, 0.29) is 5.91 Å². The second kappa shape index (κ2) is 3.99. The van der Waals surface area contributed by atoms with Crippen LogP contribution in [0.4, 0.5) is 5.69 Å². The molecule has 1 aromatic heterocycles. The Morgan fingerprint density at radius 1 is 1.44 bits per heavy atom. The fourth-order valence-corrected chi connectivity index (χ4v) is 1.61. The van der Waals surface area contributed by atoms with E-state index in [4.69, 9.17) is 10.2 Å². The maximum Gasteiger partial charge on any atom is 0.426 e. The van der Waals surface area contributed by atoms with Crippen LogP contribution in [-0.2, 0) is 0 Å². The highest BCUT2D eigenvalue weighted by Gasteiger charge is 2.30. The van der Waals surface area contributed by atoms with Gasteiger partial charge in [-0.1, -0.05) is 0 Å². The number of hydrogen-bond donors (Lipinski definition) is 2. The van der Waals surface area contributed by atoms with Crippen molar-refractivity contribution < 1.29 is 9.21 Å². The highest BCUT2D eigenvalue weighted by atomic mass is 16.4. The van der Waals surface area contributed by atoms with Crippen molar-refractivity contribution in [1.29, 1.82) is 0 Å². The van der Waals surface area contributed by atoms with Crippen LogP contribution in [-0.4, -0.2) is 23.1 Å². The third-order valence-electron chi connectivity index (χ3n) is 2.97. The minimum absolute atomic E-state index is 0.306. The third kappa shape index (κ3) is 1.80. The number of nitrogens with zero attached hydrogens (tertiary/aromatic N) is 1.